The summed E-state index contributed by atoms with van der Waals surface area (Å²) in [5.41, 5.74) is 5.81. The Balaban J connectivity index is 2.16. The molecular weight excluding hydrogens is 382 g/mol. The Labute approximate surface area is 165 Å². The number of ether oxygens (including phenoxy) is 3. The Bertz CT molecular complexity index is 948. The van der Waals surface area contributed by atoms with Crippen LogP contribution in [0.5, 0.6) is 11.8 Å². The molecule has 1 aliphatic heterocycles. The number of benzene rings is 1. The number of hydrogen-bond acceptors (Lipinski definition) is 9. The Morgan fingerprint density at radius 2 is 2.07 bits per heavy atom. The topological polar surface area (TPSA) is 143 Å². The lowest BCUT2D eigenvalue weighted by atomic mass is 10.2. The first-order valence-corrected chi connectivity index (χ1v) is 8.75. The summed E-state index contributed by atoms with van der Waals surface area (Å²) in [6, 6.07) is 6.78. The second-order valence-corrected chi connectivity index (χ2v) is 5.85. The van der Waals surface area contributed by atoms with E-state index in [0.717, 1.165) is 4.90 Å². The standard InChI is InChI=1S/C18H19N5O6/c1-2-27-18(24)22-11-12-6-5-7-13(10-12)28-8-3-4-9-29-17-20-15(19)14(23(25)26)16(22)21-17/h3-7,10H,2,8-9,11H2,1H3,(H2,19,20,21)/b4-3+. The number of fused-ring (bicyclic) bond motifs is 4. The van der Waals surface area contributed by atoms with Crippen LogP contribution in [-0.4, -0.2) is 40.8 Å². The number of nitrogens with two attached hydrogens (primary N) is 1. The first kappa shape index (κ1) is 19.9. The van der Waals surface area contributed by atoms with Gasteiger partial charge in [-0.1, -0.05) is 12.1 Å². The molecule has 29 heavy (non-hydrogen) atoms. The number of nitrogen functional groups attached to an aromatic ring is 1. The van der Waals surface area contributed by atoms with Crippen LogP contribution in [0.15, 0.2) is 36.4 Å². The zero-order chi connectivity index (χ0) is 20.8. The van der Waals surface area contributed by atoms with E-state index in [0.29, 0.717) is 17.9 Å². The first-order chi connectivity index (χ1) is 14.0. The van der Waals surface area contributed by atoms with E-state index < -0.39 is 22.5 Å². The molecule has 2 heterocycles. The van der Waals surface area contributed by atoms with Crippen LogP contribution in [-0.2, 0) is 11.3 Å². The van der Waals surface area contributed by atoms with Crippen molar-refractivity contribution in [1.82, 2.24) is 9.97 Å². The normalized spacial score (nSPS) is 14.7. The summed E-state index contributed by atoms with van der Waals surface area (Å²) in [4.78, 5) is 32.4. The van der Waals surface area contributed by atoms with Gasteiger partial charge in [-0.15, -0.1) is 0 Å². The fourth-order valence-electron chi connectivity index (χ4n) is 2.61. The van der Waals surface area contributed by atoms with Crippen molar-refractivity contribution in [1.29, 1.82) is 0 Å². The Hall–Kier alpha value is -3.89. The minimum absolute atomic E-state index is 0.0669. The number of aromatic nitrogens is 2. The molecule has 11 nitrogen and oxygen atoms in total. The van der Waals surface area contributed by atoms with Crippen LogP contribution in [0.4, 0.5) is 22.1 Å². The lowest BCUT2D eigenvalue weighted by Gasteiger charge is -2.22. The molecule has 1 aliphatic rings. The van der Waals surface area contributed by atoms with Gasteiger partial charge in [0.2, 0.25) is 11.6 Å². The van der Waals surface area contributed by atoms with Crippen LogP contribution in [0, 0.1) is 10.1 Å². The Kier molecular flexibility index (Phi) is 6.07. The fraction of sp³-hybridized carbons (Fsp3) is 0.278. The highest BCUT2D eigenvalue weighted by Gasteiger charge is 2.32. The van der Waals surface area contributed by atoms with Crippen molar-refractivity contribution >= 4 is 23.4 Å². The average molecular weight is 401 g/mol. The molecule has 11 heteroatoms. The largest absolute Gasteiger partial charge is 0.490 e. The Morgan fingerprint density at radius 1 is 1.31 bits per heavy atom. The van der Waals surface area contributed by atoms with Crippen molar-refractivity contribution in [3.63, 3.8) is 0 Å². The van der Waals surface area contributed by atoms with E-state index in [1.807, 2.05) is 0 Å². The molecule has 4 bridgehead atoms. The fourth-order valence-corrected chi connectivity index (χ4v) is 2.61. The molecule has 0 spiro atoms. The van der Waals surface area contributed by atoms with Gasteiger partial charge in [0.05, 0.1) is 18.1 Å². The second-order valence-electron chi connectivity index (χ2n) is 5.85. The van der Waals surface area contributed by atoms with Gasteiger partial charge < -0.3 is 19.9 Å². The van der Waals surface area contributed by atoms with Gasteiger partial charge in [-0.2, -0.15) is 9.97 Å². The number of anilines is 2. The zero-order valence-corrected chi connectivity index (χ0v) is 15.6. The molecule has 0 fully saturated rings. The van der Waals surface area contributed by atoms with Crippen LogP contribution in [0.1, 0.15) is 12.5 Å². The van der Waals surface area contributed by atoms with Crippen molar-refractivity contribution in [2.75, 3.05) is 30.5 Å². The van der Waals surface area contributed by atoms with Gasteiger partial charge in [-0.25, -0.2) is 4.79 Å². The number of amides is 1. The molecule has 0 radical (unpaired) electrons. The average Bonchev–Trinajstić information content (AvgIpc) is 2.68. The van der Waals surface area contributed by atoms with Gasteiger partial charge in [0, 0.05) is 0 Å². The van der Waals surface area contributed by atoms with Crippen molar-refractivity contribution in [3.8, 4) is 11.8 Å². The summed E-state index contributed by atoms with van der Waals surface area (Å²) in [7, 11) is 0. The summed E-state index contributed by atoms with van der Waals surface area (Å²) in [6.07, 6.45) is 2.61. The minimum atomic E-state index is -0.821. The van der Waals surface area contributed by atoms with Gasteiger partial charge in [0.1, 0.15) is 19.0 Å². The van der Waals surface area contributed by atoms with Gasteiger partial charge in [-0.3, -0.25) is 15.0 Å². The highest BCUT2D eigenvalue weighted by atomic mass is 16.6. The predicted molar refractivity (Wildman–Crippen MR) is 103 cm³/mol. The number of nitro groups is 1. The van der Waals surface area contributed by atoms with Crippen LogP contribution in [0.3, 0.4) is 0 Å². The molecule has 2 N–H and O–H groups in total. The molecule has 0 saturated heterocycles. The van der Waals surface area contributed by atoms with E-state index in [1.165, 1.54) is 0 Å². The molecule has 1 aromatic carbocycles. The van der Waals surface area contributed by atoms with E-state index in [9.17, 15) is 14.9 Å². The molecule has 0 saturated carbocycles. The third-order valence-corrected chi connectivity index (χ3v) is 3.86. The molecule has 1 aromatic heterocycles. The van der Waals surface area contributed by atoms with Crippen LogP contribution in [0.25, 0.3) is 0 Å². The maximum atomic E-state index is 12.6. The summed E-state index contributed by atoms with van der Waals surface area (Å²) in [6.45, 7) is 2.02. The quantitative estimate of drug-likeness (QED) is 0.456. The van der Waals surface area contributed by atoms with Crippen molar-refractivity contribution in [2.24, 2.45) is 0 Å². The lowest BCUT2D eigenvalue weighted by Crippen LogP contribution is -2.33. The summed E-state index contributed by atoms with van der Waals surface area (Å²) >= 11 is 0. The minimum Gasteiger partial charge on any atom is -0.490 e. The number of carbonyl (C=O) groups is 1. The number of hydrogen-bond donors (Lipinski definition) is 1. The molecule has 3 rings (SSSR count). The van der Waals surface area contributed by atoms with Gasteiger partial charge >= 0.3 is 17.8 Å². The zero-order valence-electron chi connectivity index (χ0n) is 15.6. The van der Waals surface area contributed by atoms with Crippen LogP contribution in [0.2, 0.25) is 0 Å². The van der Waals surface area contributed by atoms with E-state index >= 15 is 0 Å². The summed E-state index contributed by atoms with van der Waals surface area (Å²) in [5.74, 6) is -0.160. The molecule has 0 aliphatic carbocycles. The van der Waals surface area contributed by atoms with Crippen molar-refractivity contribution in [2.45, 2.75) is 13.5 Å². The highest BCUT2D eigenvalue weighted by Crippen LogP contribution is 2.34. The third kappa shape index (κ3) is 4.69. The lowest BCUT2D eigenvalue weighted by molar-refractivity contribution is -0.383. The van der Waals surface area contributed by atoms with Gasteiger partial charge in [0.15, 0.2) is 0 Å². The molecular formula is C18H19N5O6. The second kappa shape index (κ2) is 8.87. The smallest absolute Gasteiger partial charge is 0.415 e. The maximum Gasteiger partial charge on any atom is 0.415 e. The number of rotatable bonds is 2. The maximum absolute atomic E-state index is 12.6. The molecule has 1 amide bonds. The van der Waals surface area contributed by atoms with Crippen LogP contribution >= 0.6 is 0 Å². The monoisotopic (exact) mass is 401 g/mol. The molecule has 2 aromatic rings. The first-order valence-electron chi connectivity index (χ1n) is 8.75. The summed E-state index contributed by atoms with van der Waals surface area (Å²) < 4.78 is 16.1. The molecule has 152 valence electrons. The van der Waals surface area contributed by atoms with E-state index in [2.05, 4.69) is 9.97 Å². The number of carbonyl (C=O) groups excluding carboxylic acids is 1. The summed E-state index contributed by atoms with van der Waals surface area (Å²) in [5, 5.41) is 11.6. The molecule has 0 unspecified atom stereocenters. The van der Waals surface area contributed by atoms with Gasteiger partial charge in [0.25, 0.3) is 0 Å². The Morgan fingerprint density at radius 3 is 2.79 bits per heavy atom. The predicted octanol–water partition coefficient (Wildman–Crippen LogP) is 2.46. The van der Waals surface area contributed by atoms with E-state index in [-0.39, 0.29) is 31.6 Å². The molecule has 0 atom stereocenters. The van der Waals surface area contributed by atoms with Crippen LogP contribution < -0.4 is 20.1 Å². The van der Waals surface area contributed by atoms with Crippen molar-refractivity contribution in [3.05, 3.63) is 52.1 Å². The van der Waals surface area contributed by atoms with E-state index in [4.69, 9.17) is 19.9 Å². The highest BCUT2D eigenvalue weighted by molar-refractivity contribution is 5.90. The van der Waals surface area contributed by atoms with E-state index in [1.54, 1.807) is 43.3 Å². The van der Waals surface area contributed by atoms with Crippen molar-refractivity contribution < 1.29 is 23.9 Å². The SMILES string of the molecule is CCOC(=O)N1Cc2cccc(c2)OC/C=C/COc2nc(N)c([N+](=O)[O-])c1n2. The third-order valence-electron chi connectivity index (χ3n) is 3.86. The van der Waals surface area contributed by atoms with Gasteiger partial charge in [-0.05, 0) is 36.8 Å². The number of nitrogens with zero attached hydrogens (tertiary/aromatic N) is 4.